The van der Waals surface area contributed by atoms with Crippen molar-refractivity contribution in [3.05, 3.63) is 83.0 Å². The second kappa shape index (κ2) is 22.5. The maximum atomic E-state index is 13.2. The zero-order valence-electron chi connectivity index (χ0n) is 35.8. The second-order valence-electron chi connectivity index (χ2n) is 15.1. The summed E-state index contributed by atoms with van der Waals surface area (Å²) in [7, 11) is 4.45. The van der Waals surface area contributed by atoms with E-state index in [2.05, 4.69) is 0 Å². The summed E-state index contributed by atoms with van der Waals surface area (Å²) in [6.07, 6.45) is 7.73. The van der Waals surface area contributed by atoms with E-state index in [1.165, 1.54) is 57.8 Å². The number of carbonyl (C=O) groups is 4. The van der Waals surface area contributed by atoms with Crippen molar-refractivity contribution in [1.82, 2.24) is 0 Å². The fraction of sp³-hybridized carbons (Fsp3) is 0.467. The molecule has 3 heterocycles. The number of ketones is 2. The van der Waals surface area contributed by atoms with Crippen LogP contribution in [0.15, 0.2) is 60.7 Å². The van der Waals surface area contributed by atoms with Crippen LogP contribution in [0, 0.1) is 11.8 Å². The molecule has 0 radical (unpaired) electrons. The number of halogens is 1. The molecule has 3 N–H and O–H groups in total. The highest BCUT2D eigenvalue weighted by Crippen LogP contribution is 2.35. The Labute approximate surface area is 354 Å². The highest BCUT2D eigenvalue weighted by atomic mass is 19.0. The standard InChI is InChI=1S/C25H32O8.C20H24O7.FH/c1-15-10-11-19(26)23-20(32-25(3,4)33-23)9-7-8-17-12-18(29-6)13-21(30-14-28-5)22(17)24(27)31-16(15)2;1-11-7-8-16(22)19(24)15(21)6-4-5-13-9-14(26-3)10-17(23)18(13)20(25)27-12(11)2;/h7-8,10-13,15-16,20,23H,9,14H2,1-6H3;4-5,7-12,15,19,21,23-24H,6H2,1-3H3;1H/b8-7+,11-10-;5-4+,8-7-;/t15-,16+,20+,23?;11-,12+,15+,19?;/m11./s1. The van der Waals surface area contributed by atoms with E-state index in [-0.39, 0.29) is 58.2 Å². The molecule has 0 amide bonds. The van der Waals surface area contributed by atoms with E-state index < -0.39 is 60.1 Å². The van der Waals surface area contributed by atoms with Gasteiger partial charge in [-0.2, -0.15) is 0 Å². The molecule has 8 atom stereocenters. The molecule has 0 aromatic heterocycles. The van der Waals surface area contributed by atoms with Crippen molar-refractivity contribution in [2.45, 2.75) is 96.8 Å². The van der Waals surface area contributed by atoms with Crippen molar-refractivity contribution in [2.24, 2.45) is 11.8 Å². The first-order chi connectivity index (χ1) is 28.4. The van der Waals surface area contributed by atoms with Crippen molar-refractivity contribution in [3.63, 3.8) is 0 Å². The first-order valence-electron chi connectivity index (χ1n) is 19.5. The number of fused-ring (bicyclic) bond motifs is 3. The van der Waals surface area contributed by atoms with E-state index in [0.29, 0.717) is 29.0 Å². The summed E-state index contributed by atoms with van der Waals surface area (Å²) < 4.78 is 44.2. The number of methoxy groups -OCH3 is 3. The van der Waals surface area contributed by atoms with Gasteiger partial charge in [-0.1, -0.05) is 50.3 Å². The number of aromatic hydroxyl groups is 1. The molecule has 3 aliphatic rings. The van der Waals surface area contributed by atoms with Crippen LogP contribution < -0.4 is 14.2 Å². The summed E-state index contributed by atoms with van der Waals surface area (Å²) in [5, 5.41) is 30.2. The van der Waals surface area contributed by atoms with Gasteiger partial charge in [0, 0.05) is 31.1 Å². The van der Waals surface area contributed by atoms with Crippen molar-refractivity contribution < 1.29 is 77.1 Å². The average Bonchev–Trinajstić information content (AvgIpc) is 3.52. The van der Waals surface area contributed by atoms with E-state index in [4.69, 9.17) is 37.9 Å². The van der Waals surface area contributed by atoms with E-state index in [1.54, 1.807) is 65.0 Å². The van der Waals surface area contributed by atoms with Crippen molar-refractivity contribution in [1.29, 1.82) is 0 Å². The molecule has 2 aromatic carbocycles. The number of rotatable bonds is 5. The molecule has 1 fully saturated rings. The summed E-state index contributed by atoms with van der Waals surface area (Å²) in [5.41, 5.74) is 1.12. The molecule has 61 heavy (non-hydrogen) atoms. The zero-order valence-corrected chi connectivity index (χ0v) is 35.8. The first-order valence-corrected chi connectivity index (χ1v) is 19.5. The van der Waals surface area contributed by atoms with Crippen LogP contribution in [-0.4, -0.2) is 109 Å². The molecule has 0 spiro atoms. The number of phenols is 1. The largest absolute Gasteiger partial charge is 0.507 e. The Hall–Kier alpha value is -5.39. The quantitative estimate of drug-likeness (QED) is 0.236. The van der Waals surface area contributed by atoms with Gasteiger partial charge in [-0.05, 0) is 75.9 Å². The van der Waals surface area contributed by atoms with Crippen LogP contribution in [0.5, 0.6) is 23.0 Å². The maximum Gasteiger partial charge on any atom is 0.342 e. The van der Waals surface area contributed by atoms with E-state index in [9.17, 15) is 34.5 Å². The predicted octanol–water partition coefficient (Wildman–Crippen LogP) is 5.92. The molecule has 5 rings (SSSR count). The normalized spacial score (nSPS) is 28.8. The lowest BCUT2D eigenvalue weighted by Crippen LogP contribution is -2.32. The minimum absolute atomic E-state index is 0. The second-order valence-corrected chi connectivity index (χ2v) is 15.1. The smallest absolute Gasteiger partial charge is 0.342 e. The number of phenolic OH excluding ortho intramolecular Hbond substituents is 1. The Balaban J connectivity index is 0.000000327. The van der Waals surface area contributed by atoms with Crippen molar-refractivity contribution in [2.75, 3.05) is 28.1 Å². The van der Waals surface area contributed by atoms with Crippen LogP contribution in [0.4, 0.5) is 4.70 Å². The van der Waals surface area contributed by atoms with Gasteiger partial charge in [0.15, 0.2) is 24.1 Å². The molecule has 3 aliphatic heterocycles. The van der Waals surface area contributed by atoms with Gasteiger partial charge in [-0.15, -0.1) is 0 Å². The Kier molecular flexibility index (Phi) is 18.4. The number of benzene rings is 2. The molecule has 1 saturated heterocycles. The number of cyclic esters (lactones) is 2. The zero-order chi connectivity index (χ0) is 44.3. The van der Waals surface area contributed by atoms with E-state index in [0.717, 1.165) is 0 Å². The number of aliphatic hydroxyl groups excluding tert-OH is 2. The highest BCUT2D eigenvalue weighted by molar-refractivity contribution is 5.98. The molecule has 2 unspecified atom stereocenters. The fourth-order valence-electron chi connectivity index (χ4n) is 6.31. The van der Waals surface area contributed by atoms with E-state index in [1.807, 2.05) is 13.0 Å². The average molecular weight is 857 g/mol. The summed E-state index contributed by atoms with van der Waals surface area (Å²) in [6, 6.07) is 6.20. The Morgan fingerprint density at radius 1 is 0.705 bits per heavy atom. The summed E-state index contributed by atoms with van der Waals surface area (Å²) in [4.78, 5) is 50.6. The van der Waals surface area contributed by atoms with Gasteiger partial charge in [0.25, 0.3) is 0 Å². The third-order valence-electron chi connectivity index (χ3n) is 10.1. The monoisotopic (exact) mass is 856 g/mol. The summed E-state index contributed by atoms with van der Waals surface area (Å²) >= 11 is 0. The lowest BCUT2D eigenvalue weighted by molar-refractivity contribution is -0.152. The highest BCUT2D eigenvalue weighted by Gasteiger charge is 2.43. The van der Waals surface area contributed by atoms with Crippen LogP contribution in [0.25, 0.3) is 12.2 Å². The topological polar surface area (TPSA) is 203 Å². The van der Waals surface area contributed by atoms with Gasteiger partial charge in [0.05, 0.1) is 26.4 Å². The van der Waals surface area contributed by atoms with Gasteiger partial charge >= 0.3 is 11.9 Å². The lowest BCUT2D eigenvalue weighted by atomic mass is 9.99. The SMILES string of the molecule is COCOc1cc(OC)cc2c1C(=O)O[C@@H](C)[C@H](C)/C=C\C(=O)C1OC(C)(C)O[C@H]1C/C=C/2.COc1cc(O)c2c(c1)/C=C/C[C@H](O)C(O)C(=O)/C=C\[C@@H](C)[C@H](C)OC2=O.F. The number of aliphatic hydroxyl groups is 2. The van der Waals surface area contributed by atoms with Crippen LogP contribution in [0.3, 0.4) is 0 Å². The van der Waals surface area contributed by atoms with Crippen molar-refractivity contribution >= 4 is 35.7 Å². The molecule has 0 saturated carbocycles. The minimum atomic E-state index is -1.56. The number of ether oxygens (including phenoxy) is 8. The van der Waals surface area contributed by atoms with Gasteiger partial charge in [-0.25, -0.2) is 9.59 Å². The maximum absolute atomic E-state index is 13.2. The number of esters is 2. The molecule has 0 aliphatic carbocycles. The van der Waals surface area contributed by atoms with Gasteiger partial charge in [-0.3, -0.25) is 14.3 Å². The number of hydrogen-bond donors (Lipinski definition) is 3. The van der Waals surface area contributed by atoms with Crippen molar-refractivity contribution in [3.8, 4) is 23.0 Å². The molecule has 0 bridgehead atoms. The number of carbonyl (C=O) groups excluding carboxylic acids is 4. The lowest BCUT2D eigenvalue weighted by Gasteiger charge is -2.21. The van der Waals surface area contributed by atoms with Crippen LogP contribution in [0.1, 0.15) is 86.2 Å². The van der Waals surface area contributed by atoms with Crippen LogP contribution in [0.2, 0.25) is 0 Å². The molecular formula is C45H57FO15. The number of hydrogen-bond acceptors (Lipinski definition) is 15. The minimum Gasteiger partial charge on any atom is -0.507 e. The van der Waals surface area contributed by atoms with Gasteiger partial charge < -0.3 is 53.2 Å². The molecular weight excluding hydrogens is 799 g/mol. The summed E-state index contributed by atoms with van der Waals surface area (Å²) in [6.45, 7) is 10.6. The molecule has 2 aromatic rings. The Morgan fingerprint density at radius 2 is 1.23 bits per heavy atom. The van der Waals surface area contributed by atoms with Crippen LogP contribution in [-0.2, 0) is 33.3 Å². The molecule has 16 heteroatoms. The van der Waals surface area contributed by atoms with E-state index >= 15 is 0 Å². The molecule has 334 valence electrons. The van der Waals surface area contributed by atoms with Gasteiger partial charge in [0.2, 0.25) is 0 Å². The third-order valence-corrected chi connectivity index (χ3v) is 10.1. The predicted molar refractivity (Wildman–Crippen MR) is 222 cm³/mol. The molecule has 15 nitrogen and oxygen atoms in total. The third kappa shape index (κ3) is 13.3. The fourth-order valence-corrected chi connectivity index (χ4v) is 6.31. The Morgan fingerprint density at radius 3 is 1.80 bits per heavy atom. The van der Waals surface area contributed by atoms with Gasteiger partial charge in [0.1, 0.15) is 58.5 Å². The Bertz CT molecular complexity index is 1990. The first kappa shape index (κ1) is 50.0. The summed E-state index contributed by atoms with van der Waals surface area (Å²) in [5.74, 6) is -2.64. The van der Waals surface area contributed by atoms with Crippen LogP contribution >= 0.6 is 0 Å².